The molecular weight excluding hydrogens is 468 g/mol. The molecule has 0 aliphatic heterocycles. The number of nitrogens with zero attached hydrogens (tertiary/aromatic N) is 3. The van der Waals surface area contributed by atoms with Gasteiger partial charge in [-0.1, -0.05) is 44.2 Å². The van der Waals surface area contributed by atoms with Gasteiger partial charge in [0.15, 0.2) is 0 Å². The molecule has 3 aromatic rings. The number of aromatic nitrogens is 2. The van der Waals surface area contributed by atoms with Crippen LogP contribution in [0.5, 0.6) is 0 Å². The summed E-state index contributed by atoms with van der Waals surface area (Å²) in [7, 11) is -1.31. The fourth-order valence-corrected chi connectivity index (χ4v) is 5.33. The summed E-state index contributed by atoms with van der Waals surface area (Å²) in [5.74, 6) is -0.291. The first-order chi connectivity index (χ1) is 16.6. The molecule has 1 aromatic heterocycles. The van der Waals surface area contributed by atoms with Crippen molar-refractivity contribution in [2.45, 2.75) is 44.0 Å². The quantitative estimate of drug-likeness (QED) is 0.456. The number of aryl methyl sites for hydroxylation is 1. The predicted octanol–water partition coefficient (Wildman–Crippen LogP) is 1.78. The summed E-state index contributed by atoms with van der Waals surface area (Å²) < 4.78 is 31.6. The van der Waals surface area contributed by atoms with Gasteiger partial charge >= 0.3 is 5.69 Å². The number of hydrogen-bond donors (Lipinski definition) is 1. The third-order valence-corrected chi connectivity index (χ3v) is 7.39. The zero-order chi connectivity index (χ0) is 25.8. The average Bonchev–Trinajstić information content (AvgIpc) is 2.85. The lowest BCUT2D eigenvalue weighted by Gasteiger charge is -2.27. The third kappa shape index (κ3) is 5.71. The maximum Gasteiger partial charge on any atom is 0.330 e. The Kier molecular flexibility index (Phi) is 8.29. The van der Waals surface area contributed by atoms with Gasteiger partial charge in [0.1, 0.15) is 6.04 Å². The molecule has 0 saturated carbocycles. The first kappa shape index (κ1) is 26.4. The topological polar surface area (TPSA) is 110 Å². The van der Waals surface area contributed by atoms with Crippen molar-refractivity contribution in [3.05, 3.63) is 74.9 Å². The Morgan fingerprint density at radius 2 is 1.60 bits per heavy atom. The van der Waals surface area contributed by atoms with Crippen LogP contribution < -0.4 is 16.0 Å². The normalized spacial score (nSPS) is 12.6. The van der Waals surface area contributed by atoms with Crippen LogP contribution in [0.15, 0.2) is 63.0 Å². The van der Waals surface area contributed by atoms with Crippen LogP contribution in [0.25, 0.3) is 10.9 Å². The summed E-state index contributed by atoms with van der Waals surface area (Å²) in [6, 6.07) is 12.2. The van der Waals surface area contributed by atoms with Gasteiger partial charge in [0.2, 0.25) is 15.9 Å². The maximum atomic E-state index is 13.4. The molecule has 1 N–H and O–H groups in total. The zero-order valence-corrected chi connectivity index (χ0v) is 21.3. The molecule has 188 valence electrons. The molecule has 0 aliphatic carbocycles. The van der Waals surface area contributed by atoms with Crippen molar-refractivity contribution in [3.8, 4) is 0 Å². The summed E-state index contributed by atoms with van der Waals surface area (Å²) in [6.07, 6.45) is 1.69. The minimum absolute atomic E-state index is 0.0991. The number of rotatable bonds is 10. The summed E-state index contributed by atoms with van der Waals surface area (Å²) in [5, 5.41) is 0.0991. The molecule has 2 aromatic carbocycles. The number of nitrogens with one attached hydrogen (secondary N) is 1. The number of carbonyl (C=O) groups is 1. The van der Waals surface area contributed by atoms with Gasteiger partial charge in [0.05, 0.1) is 15.8 Å². The van der Waals surface area contributed by atoms with Crippen molar-refractivity contribution in [2.75, 3.05) is 13.1 Å². The Bertz CT molecular complexity index is 1420. The second kappa shape index (κ2) is 11.0. The molecule has 0 saturated heterocycles. The highest BCUT2D eigenvalue weighted by Gasteiger charge is 2.29. The molecular formula is C25H32N4O5S. The summed E-state index contributed by atoms with van der Waals surface area (Å²) in [4.78, 5) is 39.8. The second-order valence-electron chi connectivity index (χ2n) is 8.57. The molecule has 1 amide bonds. The monoisotopic (exact) mass is 500 g/mol. The largest absolute Gasteiger partial charge is 0.341 e. The molecule has 0 aliphatic rings. The van der Waals surface area contributed by atoms with E-state index in [0.717, 1.165) is 23.0 Å². The van der Waals surface area contributed by atoms with Gasteiger partial charge in [0.25, 0.3) is 5.56 Å². The van der Waals surface area contributed by atoms with Gasteiger partial charge < -0.3 is 4.90 Å². The molecule has 0 spiro atoms. The first-order valence-electron chi connectivity index (χ1n) is 11.7. The molecule has 10 heteroatoms. The van der Waals surface area contributed by atoms with E-state index in [1.807, 2.05) is 44.2 Å². The van der Waals surface area contributed by atoms with Crippen LogP contribution in [0.4, 0.5) is 0 Å². The van der Waals surface area contributed by atoms with Crippen LogP contribution in [0.2, 0.25) is 0 Å². The second-order valence-corrected chi connectivity index (χ2v) is 10.3. The van der Waals surface area contributed by atoms with Crippen LogP contribution in [-0.2, 0) is 35.3 Å². The van der Waals surface area contributed by atoms with Gasteiger partial charge in [-0.25, -0.2) is 13.2 Å². The van der Waals surface area contributed by atoms with E-state index in [0.29, 0.717) is 18.6 Å². The van der Waals surface area contributed by atoms with Gasteiger partial charge in [-0.3, -0.25) is 18.7 Å². The minimum Gasteiger partial charge on any atom is -0.341 e. The van der Waals surface area contributed by atoms with E-state index in [1.165, 1.54) is 36.9 Å². The number of hydrogen-bond acceptors (Lipinski definition) is 5. The molecule has 0 unspecified atom stereocenters. The van der Waals surface area contributed by atoms with E-state index in [4.69, 9.17) is 0 Å². The van der Waals surface area contributed by atoms with E-state index in [2.05, 4.69) is 4.72 Å². The molecule has 0 fully saturated rings. The van der Waals surface area contributed by atoms with E-state index in [9.17, 15) is 22.8 Å². The minimum atomic E-state index is -4.17. The van der Waals surface area contributed by atoms with Crippen molar-refractivity contribution < 1.29 is 13.2 Å². The summed E-state index contributed by atoms with van der Waals surface area (Å²) in [6.45, 7) is 4.99. The van der Waals surface area contributed by atoms with Gasteiger partial charge in [-0.05, 0) is 43.0 Å². The lowest BCUT2D eigenvalue weighted by atomic mass is 10.1. The molecule has 0 bridgehead atoms. The lowest BCUT2D eigenvalue weighted by molar-refractivity contribution is -0.133. The SMILES string of the molecule is CCCN(CCC)C(=O)[C@@H](Cc1ccccc1)NS(=O)(=O)c1ccc2c(c1)c(=O)n(C)c(=O)n2C. The number of amides is 1. The Morgan fingerprint density at radius 1 is 0.971 bits per heavy atom. The van der Waals surface area contributed by atoms with Crippen LogP contribution in [-0.4, -0.2) is 47.5 Å². The lowest BCUT2D eigenvalue weighted by Crippen LogP contribution is -2.50. The highest BCUT2D eigenvalue weighted by Crippen LogP contribution is 2.17. The first-order valence-corrected chi connectivity index (χ1v) is 13.1. The molecule has 3 rings (SSSR count). The number of sulfonamides is 1. The van der Waals surface area contributed by atoms with E-state index in [-0.39, 0.29) is 22.6 Å². The summed E-state index contributed by atoms with van der Waals surface area (Å²) >= 11 is 0. The number of benzene rings is 2. The highest BCUT2D eigenvalue weighted by molar-refractivity contribution is 7.89. The fourth-order valence-electron chi connectivity index (χ4n) is 4.12. The molecule has 35 heavy (non-hydrogen) atoms. The van der Waals surface area contributed by atoms with Gasteiger partial charge in [-0.15, -0.1) is 0 Å². The average molecular weight is 501 g/mol. The number of carbonyl (C=O) groups excluding carboxylic acids is 1. The predicted molar refractivity (Wildman–Crippen MR) is 136 cm³/mol. The summed E-state index contributed by atoms with van der Waals surface area (Å²) in [5.41, 5.74) is 0.0562. The van der Waals surface area contributed by atoms with Crippen molar-refractivity contribution in [1.29, 1.82) is 0 Å². The molecule has 9 nitrogen and oxygen atoms in total. The Labute approximate surface area is 205 Å². The van der Waals surface area contributed by atoms with E-state index < -0.39 is 27.3 Å². The van der Waals surface area contributed by atoms with E-state index in [1.54, 1.807) is 4.90 Å². The fraction of sp³-hybridized carbons (Fsp3) is 0.400. The van der Waals surface area contributed by atoms with Gasteiger partial charge in [0, 0.05) is 27.2 Å². The zero-order valence-electron chi connectivity index (χ0n) is 20.5. The Balaban J connectivity index is 2.03. The smallest absolute Gasteiger partial charge is 0.330 e. The molecule has 0 radical (unpaired) electrons. The van der Waals surface area contributed by atoms with Crippen LogP contribution in [0.1, 0.15) is 32.3 Å². The van der Waals surface area contributed by atoms with Crippen molar-refractivity contribution in [2.24, 2.45) is 14.1 Å². The Hall–Kier alpha value is -3.24. The third-order valence-electron chi connectivity index (χ3n) is 5.93. The van der Waals surface area contributed by atoms with Crippen molar-refractivity contribution >= 4 is 26.8 Å². The van der Waals surface area contributed by atoms with Crippen LogP contribution in [0.3, 0.4) is 0 Å². The molecule has 1 atom stereocenters. The highest BCUT2D eigenvalue weighted by atomic mass is 32.2. The van der Waals surface area contributed by atoms with Crippen LogP contribution >= 0.6 is 0 Å². The van der Waals surface area contributed by atoms with Crippen LogP contribution in [0, 0.1) is 0 Å². The molecule has 1 heterocycles. The number of fused-ring (bicyclic) bond motifs is 1. The Morgan fingerprint density at radius 3 is 2.20 bits per heavy atom. The maximum absolute atomic E-state index is 13.4. The van der Waals surface area contributed by atoms with Crippen molar-refractivity contribution in [1.82, 2.24) is 18.8 Å². The standard InChI is InChI=1S/C25H32N4O5S/c1-5-14-29(15-6-2)24(31)21(16-18-10-8-7-9-11-18)26-35(33,34)19-12-13-22-20(17-19)23(30)28(4)25(32)27(22)3/h7-13,17,21,26H,5-6,14-16H2,1-4H3/t21-/m1/s1. The van der Waals surface area contributed by atoms with E-state index >= 15 is 0 Å². The van der Waals surface area contributed by atoms with Crippen molar-refractivity contribution in [3.63, 3.8) is 0 Å². The van der Waals surface area contributed by atoms with Gasteiger partial charge in [-0.2, -0.15) is 4.72 Å².